The van der Waals surface area contributed by atoms with E-state index in [1.54, 1.807) is 38.4 Å². The van der Waals surface area contributed by atoms with Crippen LogP contribution in [-0.4, -0.2) is 35.9 Å². The van der Waals surface area contributed by atoms with Crippen LogP contribution in [0.5, 0.6) is 0 Å². The Balaban J connectivity index is 1.49. The van der Waals surface area contributed by atoms with Gasteiger partial charge in [-0.15, -0.1) is 0 Å². The van der Waals surface area contributed by atoms with Crippen molar-refractivity contribution in [2.75, 3.05) is 0 Å². The summed E-state index contributed by atoms with van der Waals surface area (Å²) in [5.74, 6) is -0.199. The van der Waals surface area contributed by atoms with Crippen LogP contribution in [0.1, 0.15) is 40.5 Å². The van der Waals surface area contributed by atoms with Crippen molar-refractivity contribution in [1.82, 2.24) is 29.9 Å². The van der Waals surface area contributed by atoms with Gasteiger partial charge in [0.05, 0.1) is 17.5 Å². The van der Waals surface area contributed by atoms with Crippen molar-refractivity contribution in [1.29, 1.82) is 0 Å². The minimum absolute atomic E-state index is 0.0895. The highest BCUT2D eigenvalue weighted by atomic mass is 19.4. The summed E-state index contributed by atoms with van der Waals surface area (Å²) in [5.41, 5.74) is 0.216. The molecule has 32 heavy (non-hydrogen) atoms. The van der Waals surface area contributed by atoms with E-state index >= 15 is 0 Å². The average Bonchev–Trinajstić information content (AvgIpc) is 3.41. The fraction of sp³-hybridized carbons (Fsp3) is 0.200. The van der Waals surface area contributed by atoms with Crippen LogP contribution in [0.4, 0.5) is 13.2 Å². The molecule has 1 unspecified atom stereocenters. The first kappa shape index (κ1) is 21.2. The zero-order valence-corrected chi connectivity index (χ0v) is 16.7. The molecule has 4 aromatic rings. The van der Waals surface area contributed by atoms with Gasteiger partial charge < -0.3 is 9.26 Å². The molecule has 4 aromatic heterocycles. The molecule has 0 amide bonds. The standard InChI is InChI=1S/C20H15F3N6O3/c1-11-15(10-26-29(11)16-6-5-14(9-25-16)20(21,22)23)19(30)31-12(2)18-27-17(28-32-18)13-4-3-7-24-8-13/h3-10,12H,1-2H3. The van der Waals surface area contributed by atoms with Gasteiger partial charge in [-0.1, -0.05) is 5.16 Å². The van der Waals surface area contributed by atoms with Crippen molar-refractivity contribution in [3.05, 3.63) is 71.8 Å². The van der Waals surface area contributed by atoms with Crippen molar-refractivity contribution in [3.8, 4) is 17.2 Å². The number of alkyl halides is 3. The number of rotatable bonds is 5. The van der Waals surface area contributed by atoms with E-state index in [1.807, 2.05) is 0 Å². The molecular formula is C20H15F3N6O3. The first-order chi connectivity index (χ1) is 15.2. The molecule has 0 fully saturated rings. The van der Waals surface area contributed by atoms with Gasteiger partial charge >= 0.3 is 12.1 Å². The zero-order chi connectivity index (χ0) is 22.9. The van der Waals surface area contributed by atoms with E-state index in [0.29, 0.717) is 23.3 Å². The van der Waals surface area contributed by atoms with E-state index in [0.717, 1.165) is 6.07 Å². The second-order valence-electron chi connectivity index (χ2n) is 6.70. The average molecular weight is 444 g/mol. The van der Waals surface area contributed by atoms with Crippen molar-refractivity contribution in [2.24, 2.45) is 0 Å². The second-order valence-corrected chi connectivity index (χ2v) is 6.70. The van der Waals surface area contributed by atoms with Crippen molar-refractivity contribution in [3.63, 3.8) is 0 Å². The summed E-state index contributed by atoms with van der Waals surface area (Å²) in [6, 6.07) is 5.53. The summed E-state index contributed by atoms with van der Waals surface area (Å²) < 4.78 is 50.0. The molecule has 0 aliphatic carbocycles. The maximum atomic E-state index is 12.7. The fourth-order valence-electron chi connectivity index (χ4n) is 2.81. The number of ether oxygens (including phenoxy) is 1. The SMILES string of the molecule is Cc1c(C(=O)OC(C)c2nc(-c3cccnc3)no2)cnn1-c1ccc(C(F)(F)F)cn1. The lowest BCUT2D eigenvalue weighted by atomic mass is 10.2. The lowest BCUT2D eigenvalue weighted by Gasteiger charge is -2.10. The Bertz CT molecular complexity index is 1240. The van der Waals surface area contributed by atoms with E-state index in [9.17, 15) is 18.0 Å². The van der Waals surface area contributed by atoms with Crippen LogP contribution in [0.25, 0.3) is 17.2 Å². The number of esters is 1. The molecule has 0 bridgehead atoms. The number of halogens is 3. The fourth-order valence-corrected chi connectivity index (χ4v) is 2.81. The number of pyridine rings is 2. The summed E-state index contributed by atoms with van der Waals surface area (Å²) in [6.45, 7) is 3.14. The predicted molar refractivity (Wildman–Crippen MR) is 102 cm³/mol. The Morgan fingerprint density at radius 2 is 2.00 bits per heavy atom. The van der Waals surface area contributed by atoms with Crippen LogP contribution in [0, 0.1) is 6.92 Å². The van der Waals surface area contributed by atoms with Crippen molar-refractivity contribution >= 4 is 5.97 Å². The summed E-state index contributed by atoms with van der Waals surface area (Å²) in [4.78, 5) is 24.6. The molecule has 0 N–H and O–H groups in total. The number of nitrogens with zero attached hydrogens (tertiary/aromatic N) is 6. The Morgan fingerprint density at radius 1 is 1.19 bits per heavy atom. The van der Waals surface area contributed by atoms with Gasteiger partial charge in [-0.3, -0.25) is 4.98 Å². The number of aromatic nitrogens is 6. The molecule has 0 saturated heterocycles. The lowest BCUT2D eigenvalue weighted by molar-refractivity contribution is -0.137. The predicted octanol–water partition coefficient (Wildman–Crippen LogP) is 3.96. The Labute approximate surface area is 178 Å². The second kappa shape index (κ2) is 8.21. The summed E-state index contributed by atoms with van der Waals surface area (Å²) in [5, 5.41) is 7.89. The number of carbonyl (C=O) groups is 1. The van der Waals surface area contributed by atoms with Gasteiger partial charge in [0.2, 0.25) is 5.82 Å². The van der Waals surface area contributed by atoms with Gasteiger partial charge in [0.15, 0.2) is 11.9 Å². The quantitative estimate of drug-likeness (QED) is 0.426. The minimum Gasteiger partial charge on any atom is -0.449 e. The minimum atomic E-state index is -4.50. The van der Waals surface area contributed by atoms with Gasteiger partial charge in [-0.05, 0) is 38.1 Å². The summed E-state index contributed by atoms with van der Waals surface area (Å²) >= 11 is 0. The molecule has 0 aliphatic rings. The first-order valence-corrected chi connectivity index (χ1v) is 9.27. The van der Waals surface area contributed by atoms with Crippen LogP contribution in [0.2, 0.25) is 0 Å². The summed E-state index contributed by atoms with van der Waals surface area (Å²) in [7, 11) is 0. The van der Waals surface area contributed by atoms with Gasteiger partial charge in [0, 0.05) is 24.2 Å². The number of hydrogen-bond acceptors (Lipinski definition) is 8. The van der Waals surface area contributed by atoms with E-state index in [2.05, 4.69) is 25.2 Å². The topological polar surface area (TPSA) is 109 Å². The maximum Gasteiger partial charge on any atom is 0.417 e. The molecule has 4 rings (SSSR count). The molecule has 0 spiro atoms. The number of carbonyl (C=O) groups excluding carboxylic acids is 1. The monoisotopic (exact) mass is 444 g/mol. The largest absolute Gasteiger partial charge is 0.449 e. The molecule has 0 saturated carbocycles. The maximum absolute atomic E-state index is 12.7. The van der Waals surface area contributed by atoms with E-state index in [1.165, 1.54) is 16.9 Å². The highest BCUT2D eigenvalue weighted by Crippen LogP contribution is 2.29. The molecule has 12 heteroatoms. The first-order valence-electron chi connectivity index (χ1n) is 9.27. The molecule has 0 aromatic carbocycles. The van der Waals surface area contributed by atoms with E-state index in [4.69, 9.17) is 9.26 Å². The van der Waals surface area contributed by atoms with Crippen LogP contribution >= 0.6 is 0 Å². The van der Waals surface area contributed by atoms with Crippen LogP contribution in [0.3, 0.4) is 0 Å². The molecular weight excluding hydrogens is 429 g/mol. The third kappa shape index (κ3) is 4.19. The third-order valence-corrected chi connectivity index (χ3v) is 4.51. The van der Waals surface area contributed by atoms with Gasteiger partial charge in [0.1, 0.15) is 5.56 Å². The molecule has 164 valence electrons. The molecule has 1 atom stereocenters. The normalized spacial score (nSPS) is 12.5. The van der Waals surface area contributed by atoms with Crippen molar-refractivity contribution < 1.29 is 27.2 Å². The highest BCUT2D eigenvalue weighted by molar-refractivity contribution is 5.90. The summed E-state index contributed by atoms with van der Waals surface area (Å²) in [6.07, 6.45) is -0.227. The lowest BCUT2D eigenvalue weighted by Crippen LogP contribution is -2.11. The van der Waals surface area contributed by atoms with Gasteiger partial charge in [-0.25, -0.2) is 14.5 Å². The van der Waals surface area contributed by atoms with Gasteiger partial charge in [-0.2, -0.15) is 23.3 Å². The van der Waals surface area contributed by atoms with Crippen LogP contribution in [-0.2, 0) is 10.9 Å². The van der Waals surface area contributed by atoms with E-state index in [-0.39, 0.29) is 17.3 Å². The zero-order valence-electron chi connectivity index (χ0n) is 16.7. The van der Waals surface area contributed by atoms with Crippen LogP contribution < -0.4 is 0 Å². The van der Waals surface area contributed by atoms with Crippen LogP contribution in [0.15, 0.2) is 53.6 Å². The molecule has 0 radical (unpaired) electrons. The van der Waals surface area contributed by atoms with Gasteiger partial charge in [0.25, 0.3) is 5.89 Å². The third-order valence-electron chi connectivity index (χ3n) is 4.51. The number of hydrogen-bond donors (Lipinski definition) is 0. The molecule has 9 nitrogen and oxygen atoms in total. The highest BCUT2D eigenvalue weighted by Gasteiger charge is 2.31. The molecule has 0 aliphatic heterocycles. The Hall–Kier alpha value is -4.09. The Morgan fingerprint density at radius 3 is 2.66 bits per heavy atom. The Kier molecular flexibility index (Phi) is 5.43. The smallest absolute Gasteiger partial charge is 0.417 e. The molecule has 4 heterocycles. The van der Waals surface area contributed by atoms with E-state index < -0.39 is 23.8 Å². The van der Waals surface area contributed by atoms with Crippen molar-refractivity contribution in [2.45, 2.75) is 26.1 Å².